The minimum atomic E-state index is -0.593. The van der Waals surface area contributed by atoms with Gasteiger partial charge in [-0.2, -0.15) is 0 Å². The lowest BCUT2D eigenvalue weighted by Gasteiger charge is -2.15. The van der Waals surface area contributed by atoms with Crippen molar-refractivity contribution in [3.05, 3.63) is 47.5 Å². The van der Waals surface area contributed by atoms with E-state index in [1.807, 2.05) is 24.3 Å². The van der Waals surface area contributed by atoms with Crippen LogP contribution in [0.25, 0.3) is 0 Å². The summed E-state index contributed by atoms with van der Waals surface area (Å²) in [5.74, 6) is 1.14. The molecule has 6 nitrogen and oxygen atoms in total. The van der Waals surface area contributed by atoms with Crippen molar-refractivity contribution in [1.29, 1.82) is 0 Å². The number of nitrogens with one attached hydrogen (secondary N) is 1. The van der Waals surface area contributed by atoms with Gasteiger partial charge in [0.1, 0.15) is 11.3 Å². The van der Waals surface area contributed by atoms with Gasteiger partial charge in [0.2, 0.25) is 6.23 Å². The van der Waals surface area contributed by atoms with E-state index in [-0.39, 0.29) is 0 Å². The maximum Gasteiger partial charge on any atom is 0.344 e. The molecule has 0 bridgehead atoms. The van der Waals surface area contributed by atoms with Gasteiger partial charge >= 0.3 is 5.97 Å². The minimum Gasteiger partial charge on any atom is -0.497 e. The summed E-state index contributed by atoms with van der Waals surface area (Å²) >= 11 is 0. The fourth-order valence-corrected chi connectivity index (χ4v) is 2.57. The SMILES string of the molecule is COc1cccc(N[C@@H]2OC(=O)c3c2ccc(OC)c3OC)c1. The number of methoxy groups -OCH3 is 3. The molecule has 0 saturated heterocycles. The van der Waals surface area contributed by atoms with E-state index in [1.54, 1.807) is 19.2 Å². The summed E-state index contributed by atoms with van der Waals surface area (Å²) in [5, 5.41) is 3.17. The molecular formula is C17H17NO5. The third kappa shape index (κ3) is 2.63. The van der Waals surface area contributed by atoms with Gasteiger partial charge < -0.3 is 24.3 Å². The highest BCUT2D eigenvalue weighted by atomic mass is 16.6. The van der Waals surface area contributed by atoms with Crippen molar-refractivity contribution in [2.45, 2.75) is 6.23 Å². The first-order valence-electron chi connectivity index (χ1n) is 7.04. The highest BCUT2D eigenvalue weighted by Crippen LogP contribution is 2.42. The summed E-state index contributed by atoms with van der Waals surface area (Å²) in [7, 11) is 4.62. The number of hydrogen-bond acceptors (Lipinski definition) is 6. The predicted molar refractivity (Wildman–Crippen MR) is 84.3 cm³/mol. The number of hydrogen-bond donors (Lipinski definition) is 1. The van der Waals surface area contributed by atoms with Crippen LogP contribution in [-0.4, -0.2) is 27.3 Å². The lowest BCUT2D eigenvalue weighted by atomic mass is 10.1. The summed E-state index contributed by atoms with van der Waals surface area (Å²) in [6, 6.07) is 10.9. The van der Waals surface area contributed by atoms with Gasteiger partial charge in [0.15, 0.2) is 11.5 Å². The van der Waals surface area contributed by atoms with Crippen molar-refractivity contribution in [3.8, 4) is 17.2 Å². The molecule has 0 aliphatic carbocycles. The van der Waals surface area contributed by atoms with E-state index in [1.165, 1.54) is 14.2 Å². The average molecular weight is 315 g/mol. The Morgan fingerprint density at radius 1 is 1.04 bits per heavy atom. The number of ether oxygens (including phenoxy) is 4. The van der Waals surface area contributed by atoms with Crippen molar-refractivity contribution < 1.29 is 23.7 Å². The molecule has 1 heterocycles. The number of rotatable bonds is 5. The van der Waals surface area contributed by atoms with Crippen LogP contribution >= 0.6 is 0 Å². The van der Waals surface area contributed by atoms with Crippen LogP contribution in [0, 0.1) is 0 Å². The number of cyclic esters (lactones) is 1. The molecule has 0 fully saturated rings. The largest absolute Gasteiger partial charge is 0.497 e. The molecule has 2 aromatic rings. The molecule has 3 rings (SSSR count). The van der Waals surface area contributed by atoms with Gasteiger partial charge in [-0.3, -0.25) is 0 Å². The number of carbonyl (C=O) groups is 1. The maximum atomic E-state index is 12.2. The molecule has 0 spiro atoms. The third-order valence-corrected chi connectivity index (χ3v) is 3.66. The summed E-state index contributed by atoms with van der Waals surface area (Å²) < 4.78 is 21.2. The number of anilines is 1. The lowest BCUT2D eigenvalue weighted by molar-refractivity contribution is 0.0435. The second-order valence-corrected chi connectivity index (χ2v) is 4.93. The monoisotopic (exact) mass is 315 g/mol. The van der Waals surface area contributed by atoms with Crippen molar-refractivity contribution >= 4 is 11.7 Å². The molecule has 0 radical (unpaired) electrons. The van der Waals surface area contributed by atoms with E-state index in [2.05, 4.69) is 5.32 Å². The smallest absolute Gasteiger partial charge is 0.344 e. The first-order chi connectivity index (χ1) is 11.2. The second-order valence-electron chi connectivity index (χ2n) is 4.93. The fourth-order valence-electron chi connectivity index (χ4n) is 2.57. The number of fused-ring (bicyclic) bond motifs is 1. The topological polar surface area (TPSA) is 66.0 Å². The maximum absolute atomic E-state index is 12.2. The molecule has 0 aromatic heterocycles. The van der Waals surface area contributed by atoms with Gasteiger partial charge in [-0.05, 0) is 24.3 Å². The van der Waals surface area contributed by atoms with Gasteiger partial charge in [0.05, 0.1) is 21.3 Å². The van der Waals surface area contributed by atoms with Crippen LogP contribution in [0.4, 0.5) is 5.69 Å². The number of benzene rings is 2. The zero-order valence-electron chi connectivity index (χ0n) is 13.1. The molecule has 1 N–H and O–H groups in total. The minimum absolute atomic E-state index is 0.380. The molecule has 6 heteroatoms. The highest BCUT2D eigenvalue weighted by molar-refractivity contribution is 5.98. The summed E-state index contributed by atoms with van der Waals surface area (Å²) in [6.45, 7) is 0. The Hall–Kier alpha value is -2.89. The molecule has 23 heavy (non-hydrogen) atoms. The van der Waals surface area contributed by atoms with Gasteiger partial charge in [-0.25, -0.2) is 4.79 Å². The Kier molecular flexibility index (Phi) is 3.97. The first-order valence-corrected chi connectivity index (χ1v) is 7.04. The third-order valence-electron chi connectivity index (χ3n) is 3.66. The lowest BCUT2D eigenvalue weighted by Crippen LogP contribution is -2.10. The molecule has 1 aliphatic heterocycles. The summed E-state index contributed by atoms with van der Waals surface area (Å²) in [4.78, 5) is 12.2. The van der Waals surface area contributed by atoms with Gasteiger partial charge in [0.25, 0.3) is 0 Å². The first kappa shape index (κ1) is 15.0. The van der Waals surface area contributed by atoms with Crippen molar-refractivity contribution in [3.63, 3.8) is 0 Å². The van der Waals surface area contributed by atoms with Crippen molar-refractivity contribution in [2.75, 3.05) is 26.6 Å². The average Bonchev–Trinajstić information content (AvgIpc) is 2.90. The zero-order chi connectivity index (χ0) is 16.4. The van der Waals surface area contributed by atoms with E-state index >= 15 is 0 Å². The summed E-state index contributed by atoms with van der Waals surface area (Å²) in [5.41, 5.74) is 1.87. The van der Waals surface area contributed by atoms with Gasteiger partial charge in [-0.1, -0.05) is 6.07 Å². The Balaban J connectivity index is 1.95. The van der Waals surface area contributed by atoms with Crippen LogP contribution in [0.5, 0.6) is 17.2 Å². The molecule has 0 amide bonds. The van der Waals surface area contributed by atoms with Crippen LogP contribution in [0.1, 0.15) is 22.1 Å². The standard InChI is InChI=1S/C17H17NO5/c1-20-11-6-4-5-10(9-11)18-16-12-7-8-13(21-2)15(22-3)14(12)17(19)23-16/h4-9,16,18H,1-3H3/t16-/m1/s1. The molecule has 0 saturated carbocycles. The summed E-state index contributed by atoms with van der Waals surface area (Å²) in [6.07, 6.45) is -0.593. The zero-order valence-corrected chi connectivity index (χ0v) is 13.1. The van der Waals surface area contributed by atoms with E-state index in [9.17, 15) is 4.79 Å². The Bertz CT molecular complexity index is 744. The fraction of sp³-hybridized carbons (Fsp3) is 0.235. The van der Waals surface area contributed by atoms with Crippen LogP contribution < -0.4 is 19.5 Å². The van der Waals surface area contributed by atoms with E-state index in [0.29, 0.717) is 28.4 Å². The van der Waals surface area contributed by atoms with Gasteiger partial charge in [0, 0.05) is 17.3 Å². The van der Waals surface area contributed by atoms with Crippen molar-refractivity contribution in [2.24, 2.45) is 0 Å². The number of carbonyl (C=O) groups excluding carboxylic acids is 1. The van der Waals surface area contributed by atoms with E-state index < -0.39 is 12.2 Å². The van der Waals surface area contributed by atoms with Gasteiger partial charge in [-0.15, -0.1) is 0 Å². The van der Waals surface area contributed by atoms with Crippen molar-refractivity contribution in [1.82, 2.24) is 0 Å². The van der Waals surface area contributed by atoms with Crippen LogP contribution in [0.3, 0.4) is 0 Å². The van der Waals surface area contributed by atoms with E-state index in [0.717, 1.165) is 5.69 Å². The Morgan fingerprint density at radius 2 is 1.87 bits per heavy atom. The predicted octanol–water partition coefficient (Wildman–Crippen LogP) is 2.99. The van der Waals surface area contributed by atoms with Crippen LogP contribution in [-0.2, 0) is 4.74 Å². The van der Waals surface area contributed by atoms with Crippen LogP contribution in [0.15, 0.2) is 36.4 Å². The second kappa shape index (κ2) is 6.08. The molecule has 1 atom stereocenters. The molecule has 120 valence electrons. The molecule has 0 unspecified atom stereocenters. The quantitative estimate of drug-likeness (QED) is 0.856. The van der Waals surface area contributed by atoms with E-state index in [4.69, 9.17) is 18.9 Å². The Labute approximate surface area is 133 Å². The van der Waals surface area contributed by atoms with Crippen LogP contribution in [0.2, 0.25) is 0 Å². The Morgan fingerprint density at radius 3 is 2.57 bits per heavy atom. The molecular weight excluding hydrogens is 298 g/mol. The molecule has 1 aliphatic rings. The highest BCUT2D eigenvalue weighted by Gasteiger charge is 2.35. The normalized spacial score (nSPS) is 15.6. The number of esters is 1. The molecule has 2 aromatic carbocycles.